The fraction of sp³-hybridized carbons (Fsp3) is 0.167. The normalized spacial score (nSPS) is 12.1. The Labute approximate surface area is 98.1 Å². The van der Waals surface area contributed by atoms with E-state index >= 15 is 0 Å². The van der Waals surface area contributed by atoms with Gasteiger partial charge in [-0.05, 0) is 18.6 Å². The molecule has 0 radical (unpaired) electrons. The van der Waals surface area contributed by atoms with Crippen LogP contribution in [0, 0.1) is 17.1 Å². The van der Waals surface area contributed by atoms with Crippen molar-refractivity contribution in [2.24, 2.45) is 5.73 Å². The fourth-order valence-electron chi connectivity index (χ4n) is 1.72. The molecular weight excluding hydrogens is 219 g/mol. The van der Waals surface area contributed by atoms with Crippen LogP contribution in [0.25, 0.3) is 5.69 Å². The molecule has 1 atom stereocenters. The van der Waals surface area contributed by atoms with E-state index in [9.17, 15) is 4.39 Å². The van der Waals surface area contributed by atoms with Crippen LogP contribution in [0.15, 0.2) is 30.6 Å². The molecule has 4 nitrogen and oxygen atoms in total. The second kappa shape index (κ2) is 4.36. The van der Waals surface area contributed by atoms with E-state index in [1.165, 1.54) is 16.8 Å². The minimum Gasteiger partial charge on any atom is -0.324 e. The Hall–Kier alpha value is -2.19. The number of nitrogens with zero attached hydrogens (tertiary/aromatic N) is 3. The van der Waals surface area contributed by atoms with Gasteiger partial charge in [-0.3, -0.25) is 4.57 Å². The van der Waals surface area contributed by atoms with Crippen molar-refractivity contribution >= 4 is 0 Å². The van der Waals surface area contributed by atoms with E-state index in [2.05, 4.69) is 4.98 Å². The first-order chi connectivity index (χ1) is 8.15. The fourth-order valence-corrected chi connectivity index (χ4v) is 1.72. The minimum atomic E-state index is -0.422. The van der Waals surface area contributed by atoms with Crippen LogP contribution in [0.5, 0.6) is 0 Å². The molecule has 0 spiro atoms. The van der Waals surface area contributed by atoms with Crippen molar-refractivity contribution in [1.82, 2.24) is 9.55 Å². The van der Waals surface area contributed by atoms with Gasteiger partial charge in [0, 0.05) is 18.4 Å². The van der Waals surface area contributed by atoms with E-state index in [1.807, 2.05) is 6.07 Å². The zero-order valence-electron chi connectivity index (χ0n) is 9.26. The maximum absolute atomic E-state index is 13.9. The maximum atomic E-state index is 13.9. The Kier molecular flexibility index (Phi) is 2.90. The van der Waals surface area contributed by atoms with Crippen LogP contribution < -0.4 is 5.73 Å². The lowest BCUT2D eigenvalue weighted by molar-refractivity contribution is 0.610. The van der Waals surface area contributed by atoms with E-state index in [0.29, 0.717) is 5.56 Å². The Morgan fingerprint density at radius 2 is 2.29 bits per heavy atom. The molecule has 0 aliphatic heterocycles. The van der Waals surface area contributed by atoms with E-state index < -0.39 is 5.82 Å². The predicted octanol–water partition coefficient (Wildman–Crippen LogP) is 1.90. The van der Waals surface area contributed by atoms with Crippen molar-refractivity contribution in [3.63, 3.8) is 0 Å². The van der Waals surface area contributed by atoms with Crippen molar-refractivity contribution in [1.29, 1.82) is 5.26 Å². The monoisotopic (exact) mass is 230 g/mol. The quantitative estimate of drug-likeness (QED) is 0.856. The lowest BCUT2D eigenvalue weighted by Gasteiger charge is -2.14. The van der Waals surface area contributed by atoms with Crippen molar-refractivity contribution in [2.45, 2.75) is 13.0 Å². The molecular formula is C12H11FN4. The number of aromatic nitrogens is 2. The standard InChI is InChI=1S/C12H11FN4/c1-8(15)9-3-2-4-10(13)12(9)17-6-5-16-11(17)7-14/h2-6,8H,15H2,1H3/t8-/m0/s1. The molecule has 2 rings (SSSR count). The molecule has 17 heavy (non-hydrogen) atoms. The molecule has 0 unspecified atom stereocenters. The van der Waals surface area contributed by atoms with Crippen LogP contribution in [0.4, 0.5) is 4.39 Å². The Morgan fingerprint density at radius 1 is 1.53 bits per heavy atom. The van der Waals surface area contributed by atoms with Crippen molar-refractivity contribution in [3.8, 4) is 11.8 Å². The van der Waals surface area contributed by atoms with Gasteiger partial charge in [-0.25, -0.2) is 9.37 Å². The summed E-state index contributed by atoms with van der Waals surface area (Å²) in [5.41, 5.74) is 6.72. The molecule has 1 aromatic carbocycles. The number of nitriles is 1. The molecule has 0 amide bonds. The first-order valence-corrected chi connectivity index (χ1v) is 5.13. The van der Waals surface area contributed by atoms with Gasteiger partial charge >= 0.3 is 0 Å². The molecule has 1 aromatic heterocycles. The molecule has 0 bridgehead atoms. The van der Waals surface area contributed by atoms with Gasteiger partial charge in [0.1, 0.15) is 11.9 Å². The molecule has 0 fully saturated rings. The Morgan fingerprint density at radius 3 is 2.94 bits per heavy atom. The first kappa shape index (κ1) is 11.3. The van der Waals surface area contributed by atoms with Gasteiger partial charge in [0.25, 0.3) is 0 Å². The number of rotatable bonds is 2. The van der Waals surface area contributed by atoms with E-state index in [0.717, 1.165) is 0 Å². The predicted molar refractivity (Wildman–Crippen MR) is 60.8 cm³/mol. The van der Waals surface area contributed by atoms with Gasteiger partial charge in [-0.2, -0.15) is 5.26 Å². The number of hydrogen-bond donors (Lipinski definition) is 1. The zero-order chi connectivity index (χ0) is 12.4. The second-order valence-corrected chi connectivity index (χ2v) is 3.70. The Balaban J connectivity index is 2.71. The number of nitrogens with two attached hydrogens (primary N) is 1. The summed E-state index contributed by atoms with van der Waals surface area (Å²) < 4.78 is 15.3. The van der Waals surface area contributed by atoms with Crippen LogP contribution in [-0.2, 0) is 0 Å². The summed E-state index contributed by atoms with van der Waals surface area (Å²) in [4.78, 5) is 3.85. The lowest BCUT2D eigenvalue weighted by Crippen LogP contribution is -2.12. The van der Waals surface area contributed by atoms with Gasteiger partial charge in [0.15, 0.2) is 0 Å². The lowest BCUT2D eigenvalue weighted by atomic mass is 10.1. The van der Waals surface area contributed by atoms with Crippen LogP contribution >= 0.6 is 0 Å². The van der Waals surface area contributed by atoms with Crippen molar-refractivity contribution in [2.75, 3.05) is 0 Å². The summed E-state index contributed by atoms with van der Waals surface area (Å²) in [5.74, 6) is -0.286. The van der Waals surface area contributed by atoms with Crippen LogP contribution in [0.1, 0.15) is 24.4 Å². The molecule has 2 N–H and O–H groups in total. The molecule has 0 saturated heterocycles. The summed E-state index contributed by atoms with van der Waals surface area (Å²) in [7, 11) is 0. The highest BCUT2D eigenvalue weighted by Crippen LogP contribution is 2.24. The summed E-state index contributed by atoms with van der Waals surface area (Å²) in [6.45, 7) is 1.77. The third-order valence-corrected chi connectivity index (χ3v) is 2.49. The second-order valence-electron chi connectivity index (χ2n) is 3.70. The summed E-state index contributed by atoms with van der Waals surface area (Å²) in [5, 5.41) is 8.90. The van der Waals surface area contributed by atoms with Crippen LogP contribution in [-0.4, -0.2) is 9.55 Å². The van der Waals surface area contributed by atoms with E-state index in [1.54, 1.807) is 25.3 Å². The largest absolute Gasteiger partial charge is 0.324 e. The molecule has 1 heterocycles. The molecule has 2 aromatic rings. The molecule has 86 valence electrons. The third kappa shape index (κ3) is 1.90. The molecule has 0 aliphatic rings. The summed E-state index contributed by atoms with van der Waals surface area (Å²) >= 11 is 0. The first-order valence-electron chi connectivity index (χ1n) is 5.13. The zero-order valence-corrected chi connectivity index (χ0v) is 9.26. The van der Waals surface area contributed by atoms with Gasteiger partial charge in [-0.1, -0.05) is 12.1 Å². The highest BCUT2D eigenvalue weighted by atomic mass is 19.1. The Bertz CT molecular complexity index is 580. The highest BCUT2D eigenvalue weighted by molar-refractivity contribution is 5.46. The number of hydrogen-bond acceptors (Lipinski definition) is 3. The van der Waals surface area contributed by atoms with Crippen molar-refractivity contribution in [3.05, 3.63) is 47.8 Å². The summed E-state index contributed by atoms with van der Waals surface area (Å²) in [6.07, 6.45) is 3.00. The van der Waals surface area contributed by atoms with Gasteiger partial charge in [-0.15, -0.1) is 0 Å². The minimum absolute atomic E-state index is 0.136. The molecule has 0 aliphatic carbocycles. The smallest absolute Gasteiger partial charge is 0.217 e. The number of para-hydroxylation sites is 1. The van der Waals surface area contributed by atoms with Gasteiger partial charge < -0.3 is 5.73 Å². The van der Waals surface area contributed by atoms with Gasteiger partial charge in [0.05, 0.1) is 5.69 Å². The molecule has 5 heteroatoms. The average molecular weight is 230 g/mol. The molecule has 0 saturated carbocycles. The van der Waals surface area contributed by atoms with Gasteiger partial charge in [0.2, 0.25) is 5.82 Å². The van der Waals surface area contributed by atoms with Crippen molar-refractivity contribution < 1.29 is 4.39 Å². The average Bonchev–Trinajstić information content (AvgIpc) is 2.76. The summed E-state index contributed by atoms with van der Waals surface area (Å²) in [6, 6.07) is 6.26. The van der Waals surface area contributed by atoms with E-state index in [-0.39, 0.29) is 17.6 Å². The topological polar surface area (TPSA) is 67.6 Å². The number of imidazole rings is 1. The van der Waals surface area contributed by atoms with E-state index in [4.69, 9.17) is 11.0 Å². The third-order valence-electron chi connectivity index (χ3n) is 2.49. The highest BCUT2D eigenvalue weighted by Gasteiger charge is 2.15. The van der Waals surface area contributed by atoms with Crippen LogP contribution in [0.3, 0.4) is 0 Å². The maximum Gasteiger partial charge on any atom is 0.217 e. The number of benzene rings is 1. The van der Waals surface area contributed by atoms with Crippen LogP contribution in [0.2, 0.25) is 0 Å². The number of halogens is 1. The SMILES string of the molecule is C[C@H](N)c1cccc(F)c1-n1ccnc1C#N.